The maximum atomic E-state index is 12.7. The van der Waals surface area contributed by atoms with E-state index >= 15 is 0 Å². The van der Waals surface area contributed by atoms with Gasteiger partial charge in [0, 0.05) is 6.42 Å². The third-order valence-electron chi connectivity index (χ3n) is 4.31. The van der Waals surface area contributed by atoms with Gasteiger partial charge in [-0.15, -0.1) is 0 Å². The quantitative estimate of drug-likeness (QED) is 0.572. The molecule has 0 bridgehead atoms. The number of para-hydroxylation sites is 2. The second kappa shape index (κ2) is 9.43. The van der Waals surface area contributed by atoms with E-state index in [1.807, 2.05) is 54.6 Å². The number of benzene rings is 2. The second-order valence-electron chi connectivity index (χ2n) is 8.03. The van der Waals surface area contributed by atoms with Crippen LogP contribution in [0.1, 0.15) is 38.6 Å². The van der Waals surface area contributed by atoms with Crippen LogP contribution in [0.15, 0.2) is 54.6 Å². The molecule has 30 heavy (non-hydrogen) atoms. The van der Waals surface area contributed by atoms with Gasteiger partial charge in [0.1, 0.15) is 24.1 Å². The number of carbonyl (C=O) groups is 2. The van der Waals surface area contributed by atoms with Crippen molar-refractivity contribution in [2.24, 2.45) is 0 Å². The molecule has 3 aromatic rings. The van der Waals surface area contributed by atoms with Gasteiger partial charge < -0.3 is 19.8 Å². The van der Waals surface area contributed by atoms with Crippen molar-refractivity contribution >= 4 is 23.1 Å². The van der Waals surface area contributed by atoms with Crippen LogP contribution >= 0.6 is 0 Å². The zero-order chi connectivity index (χ0) is 21.6. The minimum absolute atomic E-state index is 0.136. The Balaban J connectivity index is 1.65. The molecule has 0 aliphatic rings. The van der Waals surface area contributed by atoms with Crippen molar-refractivity contribution in [1.29, 1.82) is 0 Å². The van der Waals surface area contributed by atoms with Crippen molar-refractivity contribution < 1.29 is 19.1 Å². The van der Waals surface area contributed by atoms with Gasteiger partial charge in [0.05, 0.1) is 11.0 Å². The number of rotatable bonds is 7. The molecule has 0 fully saturated rings. The Morgan fingerprint density at radius 3 is 2.47 bits per heavy atom. The van der Waals surface area contributed by atoms with E-state index in [4.69, 9.17) is 9.47 Å². The number of aromatic nitrogens is 2. The predicted molar refractivity (Wildman–Crippen MR) is 114 cm³/mol. The third-order valence-corrected chi connectivity index (χ3v) is 4.31. The highest BCUT2D eigenvalue weighted by molar-refractivity contribution is 5.81. The number of fused-ring (bicyclic) bond motifs is 1. The molecule has 1 atom stereocenters. The lowest BCUT2D eigenvalue weighted by atomic mass is 10.1. The summed E-state index contributed by atoms with van der Waals surface area (Å²) in [6.07, 6.45) is 0.135. The van der Waals surface area contributed by atoms with E-state index in [1.165, 1.54) is 0 Å². The number of amides is 1. The predicted octanol–water partition coefficient (Wildman–Crippen LogP) is 4.13. The van der Waals surface area contributed by atoms with E-state index in [0.29, 0.717) is 12.8 Å². The lowest BCUT2D eigenvalue weighted by Gasteiger charge is -2.23. The average Bonchev–Trinajstić information content (AvgIpc) is 3.11. The Bertz CT molecular complexity index is 959. The molecule has 0 unspecified atom stereocenters. The fraction of sp³-hybridized carbons (Fsp3) is 0.348. The van der Waals surface area contributed by atoms with Crippen LogP contribution in [0, 0.1) is 0 Å². The Labute approximate surface area is 175 Å². The van der Waals surface area contributed by atoms with Gasteiger partial charge in [0.2, 0.25) is 0 Å². The first-order valence-electron chi connectivity index (χ1n) is 9.94. The van der Waals surface area contributed by atoms with Gasteiger partial charge in [-0.3, -0.25) is 0 Å². The Kier molecular flexibility index (Phi) is 6.72. The molecular formula is C23H27N3O4. The maximum Gasteiger partial charge on any atom is 0.408 e. The number of H-pyrrole nitrogens is 1. The molecule has 2 N–H and O–H groups in total. The number of ether oxygens (including phenoxy) is 2. The molecule has 1 aromatic heterocycles. The molecule has 0 saturated carbocycles. The van der Waals surface area contributed by atoms with Crippen molar-refractivity contribution in [3.63, 3.8) is 0 Å². The highest BCUT2D eigenvalue weighted by Crippen LogP contribution is 2.14. The summed E-state index contributed by atoms with van der Waals surface area (Å²) >= 11 is 0. The van der Waals surface area contributed by atoms with Crippen LogP contribution in [-0.4, -0.2) is 33.7 Å². The number of imidazole rings is 1. The van der Waals surface area contributed by atoms with Crippen molar-refractivity contribution in [2.75, 3.05) is 0 Å². The van der Waals surface area contributed by atoms with Crippen molar-refractivity contribution in [3.8, 4) is 0 Å². The smallest absolute Gasteiger partial charge is 0.408 e. The second-order valence-corrected chi connectivity index (χ2v) is 8.03. The van der Waals surface area contributed by atoms with Gasteiger partial charge in [-0.25, -0.2) is 14.6 Å². The third kappa shape index (κ3) is 6.34. The Morgan fingerprint density at radius 1 is 1.07 bits per heavy atom. The molecule has 0 radical (unpaired) electrons. The zero-order valence-electron chi connectivity index (χ0n) is 17.5. The molecule has 1 heterocycles. The van der Waals surface area contributed by atoms with E-state index in [9.17, 15) is 9.59 Å². The SMILES string of the molecule is CC(C)(C)OC(=O)N[C@H](CCc1nc2ccccc2[nH]1)C(=O)OCc1ccccc1. The lowest BCUT2D eigenvalue weighted by Crippen LogP contribution is -2.44. The molecule has 0 aliphatic heterocycles. The molecule has 7 nitrogen and oxygen atoms in total. The molecule has 1 amide bonds. The summed E-state index contributed by atoms with van der Waals surface area (Å²) in [5.41, 5.74) is 1.99. The summed E-state index contributed by atoms with van der Waals surface area (Å²) in [7, 11) is 0. The molecule has 158 valence electrons. The number of hydrogen-bond donors (Lipinski definition) is 2. The van der Waals surface area contributed by atoms with Crippen LogP contribution in [0.3, 0.4) is 0 Å². The van der Waals surface area contributed by atoms with Gasteiger partial charge in [0.25, 0.3) is 0 Å². The topological polar surface area (TPSA) is 93.3 Å². The number of aryl methyl sites for hydroxylation is 1. The van der Waals surface area contributed by atoms with Gasteiger partial charge in [-0.2, -0.15) is 0 Å². The molecule has 0 spiro atoms. The molecule has 3 rings (SSSR count). The number of alkyl carbamates (subject to hydrolysis) is 1. The molecule has 0 aliphatic carbocycles. The van der Waals surface area contributed by atoms with E-state index < -0.39 is 23.7 Å². The van der Waals surface area contributed by atoms with Crippen LogP contribution in [0.4, 0.5) is 4.79 Å². The van der Waals surface area contributed by atoms with Gasteiger partial charge in [-0.1, -0.05) is 42.5 Å². The number of nitrogens with zero attached hydrogens (tertiary/aromatic N) is 1. The van der Waals surface area contributed by atoms with Gasteiger partial charge in [0.15, 0.2) is 0 Å². The monoisotopic (exact) mass is 409 g/mol. The Morgan fingerprint density at radius 2 is 1.77 bits per heavy atom. The summed E-state index contributed by atoms with van der Waals surface area (Å²) in [6, 6.07) is 16.2. The lowest BCUT2D eigenvalue weighted by molar-refractivity contribution is -0.147. The number of carbonyl (C=O) groups excluding carboxylic acids is 2. The van der Waals surface area contributed by atoms with Crippen LogP contribution < -0.4 is 5.32 Å². The van der Waals surface area contributed by atoms with Gasteiger partial charge >= 0.3 is 12.1 Å². The molecule has 2 aromatic carbocycles. The fourth-order valence-corrected chi connectivity index (χ4v) is 2.93. The number of nitrogens with one attached hydrogen (secondary N) is 2. The highest BCUT2D eigenvalue weighted by atomic mass is 16.6. The first-order chi connectivity index (χ1) is 14.3. The maximum absolute atomic E-state index is 12.7. The average molecular weight is 409 g/mol. The molecule has 7 heteroatoms. The van der Waals surface area contributed by atoms with E-state index in [1.54, 1.807) is 20.8 Å². The largest absolute Gasteiger partial charge is 0.459 e. The normalized spacial score (nSPS) is 12.4. The number of aromatic amines is 1. The standard InChI is InChI=1S/C23H27N3O4/c1-23(2,3)30-22(28)26-19(21(27)29-15-16-9-5-4-6-10-16)13-14-20-24-17-11-7-8-12-18(17)25-20/h4-12,19H,13-15H2,1-3H3,(H,24,25)(H,26,28)/t19-/m1/s1. The Hall–Kier alpha value is -3.35. The van der Waals surface area contributed by atoms with Crippen molar-refractivity contribution in [3.05, 3.63) is 66.0 Å². The van der Waals surface area contributed by atoms with Crippen LogP contribution in [0.2, 0.25) is 0 Å². The summed E-state index contributed by atoms with van der Waals surface area (Å²) in [5.74, 6) is 0.226. The summed E-state index contributed by atoms with van der Waals surface area (Å²) < 4.78 is 10.7. The zero-order valence-corrected chi connectivity index (χ0v) is 17.5. The van der Waals surface area contributed by atoms with E-state index in [2.05, 4.69) is 15.3 Å². The molecular weight excluding hydrogens is 382 g/mol. The number of esters is 1. The van der Waals surface area contributed by atoms with Crippen LogP contribution in [-0.2, 0) is 27.3 Å². The fourth-order valence-electron chi connectivity index (χ4n) is 2.93. The van der Waals surface area contributed by atoms with Crippen LogP contribution in [0.25, 0.3) is 11.0 Å². The first kappa shape index (κ1) is 21.4. The first-order valence-corrected chi connectivity index (χ1v) is 9.94. The van der Waals surface area contributed by atoms with Gasteiger partial charge in [-0.05, 0) is 44.9 Å². The minimum Gasteiger partial charge on any atom is -0.459 e. The van der Waals surface area contributed by atoms with E-state index in [-0.39, 0.29) is 6.61 Å². The summed E-state index contributed by atoms with van der Waals surface area (Å²) in [5, 5.41) is 2.64. The summed E-state index contributed by atoms with van der Waals surface area (Å²) in [4.78, 5) is 32.7. The minimum atomic E-state index is -0.850. The summed E-state index contributed by atoms with van der Waals surface area (Å²) in [6.45, 7) is 5.44. The highest BCUT2D eigenvalue weighted by Gasteiger charge is 2.26. The van der Waals surface area contributed by atoms with Crippen molar-refractivity contribution in [1.82, 2.24) is 15.3 Å². The van der Waals surface area contributed by atoms with E-state index in [0.717, 1.165) is 22.4 Å². The molecule has 0 saturated heterocycles. The van der Waals surface area contributed by atoms with Crippen LogP contribution in [0.5, 0.6) is 0 Å². The number of hydrogen-bond acceptors (Lipinski definition) is 5. The van der Waals surface area contributed by atoms with Crippen molar-refractivity contribution in [2.45, 2.75) is 51.9 Å².